The molecule has 0 spiro atoms. The number of hydrogen-bond donors (Lipinski definition) is 2. The summed E-state index contributed by atoms with van der Waals surface area (Å²) in [6.45, 7) is 1.90. The van der Waals surface area contributed by atoms with Gasteiger partial charge in [0.05, 0.1) is 22.9 Å². The molecular formula is C22H19N5O2. The molecule has 7 heteroatoms. The molecule has 0 atom stereocenters. The van der Waals surface area contributed by atoms with Gasteiger partial charge < -0.3 is 11.1 Å². The minimum absolute atomic E-state index is 0.103. The molecule has 1 saturated carbocycles. The van der Waals surface area contributed by atoms with Crippen LogP contribution in [-0.4, -0.2) is 27.5 Å². The molecule has 1 heterocycles. The Morgan fingerprint density at radius 3 is 2.52 bits per heavy atom. The summed E-state index contributed by atoms with van der Waals surface area (Å²) in [5.41, 5.74) is 9.28. The van der Waals surface area contributed by atoms with E-state index in [2.05, 4.69) is 10.4 Å². The van der Waals surface area contributed by atoms with E-state index in [4.69, 9.17) is 11.0 Å². The zero-order valence-electron chi connectivity index (χ0n) is 15.8. The van der Waals surface area contributed by atoms with Gasteiger partial charge in [-0.3, -0.25) is 9.59 Å². The average molecular weight is 385 g/mol. The summed E-state index contributed by atoms with van der Waals surface area (Å²) in [4.78, 5) is 25.2. The molecule has 29 heavy (non-hydrogen) atoms. The number of benzene rings is 2. The van der Waals surface area contributed by atoms with Crippen molar-refractivity contribution in [3.63, 3.8) is 0 Å². The summed E-state index contributed by atoms with van der Waals surface area (Å²) in [5, 5.41) is 16.1. The van der Waals surface area contributed by atoms with E-state index in [9.17, 15) is 9.59 Å². The summed E-state index contributed by atoms with van der Waals surface area (Å²) in [7, 11) is 0. The van der Waals surface area contributed by atoms with Gasteiger partial charge >= 0.3 is 0 Å². The smallest absolute Gasteiger partial charge is 0.251 e. The third kappa shape index (κ3) is 3.73. The van der Waals surface area contributed by atoms with Gasteiger partial charge in [0, 0.05) is 23.4 Å². The van der Waals surface area contributed by atoms with Gasteiger partial charge in [-0.1, -0.05) is 6.07 Å². The third-order valence-electron chi connectivity index (χ3n) is 4.89. The van der Waals surface area contributed by atoms with Crippen LogP contribution in [0.1, 0.15) is 50.2 Å². The number of amides is 1. The first-order chi connectivity index (χ1) is 14.0. The van der Waals surface area contributed by atoms with E-state index in [-0.39, 0.29) is 29.1 Å². The number of nitrogens with two attached hydrogens (primary N) is 1. The minimum Gasteiger partial charge on any atom is -0.382 e. The van der Waals surface area contributed by atoms with Crippen molar-refractivity contribution in [1.82, 2.24) is 15.1 Å². The van der Waals surface area contributed by atoms with Gasteiger partial charge in [-0.25, -0.2) is 4.68 Å². The zero-order chi connectivity index (χ0) is 20.5. The molecule has 7 nitrogen and oxygen atoms in total. The standard InChI is InChI=1S/C22H19N5O2/c1-13-2-5-16(22(29)25-17-8-9-17)10-19(13)27-12-18(21(24)26-27)20(28)15-6-3-14(11-23)4-7-15/h2-7,10,12,17H,8-9H2,1H3,(H2,24,26)(H,25,29). The predicted octanol–water partition coefficient (Wildman–Crippen LogP) is 2.76. The third-order valence-corrected chi connectivity index (χ3v) is 4.89. The number of aromatic nitrogens is 2. The van der Waals surface area contributed by atoms with Gasteiger partial charge in [0.15, 0.2) is 11.6 Å². The van der Waals surface area contributed by atoms with E-state index in [1.54, 1.807) is 42.6 Å². The van der Waals surface area contributed by atoms with E-state index >= 15 is 0 Å². The Kier molecular flexibility index (Phi) is 4.61. The summed E-state index contributed by atoms with van der Waals surface area (Å²) >= 11 is 0. The Balaban J connectivity index is 1.65. The molecule has 1 aliphatic rings. The lowest BCUT2D eigenvalue weighted by Gasteiger charge is -2.09. The van der Waals surface area contributed by atoms with Crippen molar-refractivity contribution >= 4 is 17.5 Å². The second kappa shape index (κ2) is 7.24. The van der Waals surface area contributed by atoms with Gasteiger partial charge in [-0.15, -0.1) is 5.10 Å². The Labute approximate surface area is 167 Å². The van der Waals surface area contributed by atoms with Crippen molar-refractivity contribution in [2.24, 2.45) is 0 Å². The second-order valence-corrected chi connectivity index (χ2v) is 7.14. The minimum atomic E-state index is -0.279. The van der Waals surface area contributed by atoms with Crippen LogP contribution in [0.3, 0.4) is 0 Å². The molecular weight excluding hydrogens is 366 g/mol. The van der Waals surface area contributed by atoms with E-state index < -0.39 is 0 Å². The van der Waals surface area contributed by atoms with E-state index in [0.29, 0.717) is 22.4 Å². The molecule has 1 amide bonds. The fourth-order valence-electron chi connectivity index (χ4n) is 3.03. The van der Waals surface area contributed by atoms with Crippen molar-refractivity contribution in [3.8, 4) is 11.8 Å². The second-order valence-electron chi connectivity index (χ2n) is 7.14. The number of nitrogen functional groups attached to an aromatic ring is 1. The molecule has 0 radical (unpaired) electrons. The highest BCUT2D eigenvalue weighted by atomic mass is 16.1. The maximum absolute atomic E-state index is 12.8. The SMILES string of the molecule is Cc1ccc(C(=O)NC2CC2)cc1-n1cc(C(=O)c2ccc(C#N)cc2)c(N)n1. The van der Waals surface area contributed by atoms with Gasteiger partial charge in [0.2, 0.25) is 0 Å². The first-order valence-corrected chi connectivity index (χ1v) is 9.28. The quantitative estimate of drug-likeness (QED) is 0.656. The van der Waals surface area contributed by atoms with Crippen LogP contribution in [0.25, 0.3) is 5.69 Å². The number of anilines is 1. The number of nitrogens with zero attached hydrogens (tertiary/aromatic N) is 3. The molecule has 3 aromatic rings. The number of rotatable bonds is 5. The maximum atomic E-state index is 12.8. The molecule has 1 fully saturated rings. The Hall–Kier alpha value is -3.92. The number of ketones is 1. The van der Waals surface area contributed by atoms with Crippen LogP contribution in [0, 0.1) is 18.3 Å². The fourth-order valence-corrected chi connectivity index (χ4v) is 3.03. The fraction of sp³-hybridized carbons (Fsp3) is 0.182. The highest BCUT2D eigenvalue weighted by Gasteiger charge is 2.24. The lowest BCUT2D eigenvalue weighted by Crippen LogP contribution is -2.25. The summed E-state index contributed by atoms with van der Waals surface area (Å²) in [6, 6.07) is 14.0. The summed E-state index contributed by atoms with van der Waals surface area (Å²) < 4.78 is 1.52. The van der Waals surface area contributed by atoms with Crippen LogP contribution >= 0.6 is 0 Å². The first-order valence-electron chi connectivity index (χ1n) is 9.28. The number of nitriles is 1. The van der Waals surface area contributed by atoms with Gasteiger partial charge in [-0.05, 0) is 61.7 Å². The van der Waals surface area contributed by atoms with E-state index in [1.165, 1.54) is 4.68 Å². The van der Waals surface area contributed by atoms with Crippen molar-refractivity contribution in [2.45, 2.75) is 25.8 Å². The van der Waals surface area contributed by atoms with Crippen LogP contribution in [-0.2, 0) is 0 Å². The number of hydrogen-bond acceptors (Lipinski definition) is 5. The zero-order valence-corrected chi connectivity index (χ0v) is 15.8. The number of aryl methyl sites for hydroxylation is 1. The molecule has 1 aliphatic carbocycles. The van der Waals surface area contributed by atoms with Crippen LogP contribution in [0.4, 0.5) is 5.82 Å². The van der Waals surface area contributed by atoms with Crippen LogP contribution in [0.15, 0.2) is 48.7 Å². The summed E-state index contributed by atoms with van der Waals surface area (Å²) in [5.74, 6) is -0.298. The van der Waals surface area contributed by atoms with Crippen molar-refractivity contribution in [1.29, 1.82) is 5.26 Å². The molecule has 0 unspecified atom stereocenters. The number of carbonyl (C=O) groups is 2. The highest BCUT2D eigenvalue weighted by molar-refractivity contribution is 6.11. The number of carbonyl (C=O) groups excluding carboxylic acids is 2. The molecule has 2 aromatic carbocycles. The Morgan fingerprint density at radius 1 is 1.17 bits per heavy atom. The molecule has 1 aromatic heterocycles. The molecule has 0 saturated heterocycles. The van der Waals surface area contributed by atoms with E-state index in [0.717, 1.165) is 18.4 Å². The monoisotopic (exact) mass is 385 g/mol. The average Bonchev–Trinajstić information content (AvgIpc) is 3.46. The van der Waals surface area contributed by atoms with Crippen LogP contribution < -0.4 is 11.1 Å². The topological polar surface area (TPSA) is 114 Å². The molecule has 144 valence electrons. The van der Waals surface area contributed by atoms with Gasteiger partial charge in [0.1, 0.15) is 0 Å². The van der Waals surface area contributed by atoms with Gasteiger partial charge in [-0.2, -0.15) is 5.26 Å². The normalized spacial score (nSPS) is 13.0. The van der Waals surface area contributed by atoms with Crippen molar-refractivity contribution < 1.29 is 9.59 Å². The molecule has 4 rings (SSSR count). The van der Waals surface area contributed by atoms with Crippen molar-refractivity contribution in [3.05, 3.63) is 76.5 Å². The Morgan fingerprint density at radius 2 is 1.86 bits per heavy atom. The highest BCUT2D eigenvalue weighted by Crippen LogP contribution is 2.23. The van der Waals surface area contributed by atoms with Crippen LogP contribution in [0.5, 0.6) is 0 Å². The lowest BCUT2D eigenvalue weighted by molar-refractivity contribution is 0.0950. The van der Waals surface area contributed by atoms with E-state index in [1.807, 2.05) is 19.1 Å². The summed E-state index contributed by atoms with van der Waals surface area (Å²) in [6.07, 6.45) is 3.60. The first kappa shape index (κ1) is 18.4. The van der Waals surface area contributed by atoms with Gasteiger partial charge in [0.25, 0.3) is 5.91 Å². The predicted molar refractivity (Wildman–Crippen MR) is 108 cm³/mol. The van der Waals surface area contributed by atoms with Crippen LogP contribution in [0.2, 0.25) is 0 Å². The Bertz CT molecular complexity index is 1150. The maximum Gasteiger partial charge on any atom is 0.251 e. The number of nitrogens with one attached hydrogen (secondary N) is 1. The molecule has 3 N–H and O–H groups in total. The largest absolute Gasteiger partial charge is 0.382 e. The lowest BCUT2D eigenvalue weighted by atomic mass is 10.0. The molecule has 0 bridgehead atoms. The van der Waals surface area contributed by atoms with Crippen molar-refractivity contribution in [2.75, 3.05) is 5.73 Å². The molecule has 0 aliphatic heterocycles.